The normalized spacial score (nSPS) is 10.5. The highest BCUT2D eigenvalue weighted by molar-refractivity contribution is 7.98. The number of thiazole rings is 1. The summed E-state index contributed by atoms with van der Waals surface area (Å²) >= 11 is 2.92. The molecule has 0 aliphatic rings. The van der Waals surface area contributed by atoms with Gasteiger partial charge in [0.25, 0.3) is 0 Å². The molecule has 1 aromatic carbocycles. The van der Waals surface area contributed by atoms with E-state index in [1.54, 1.807) is 16.8 Å². The van der Waals surface area contributed by atoms with Gasteiger partial charge in [-0.1, -0.05) is 23.9 Å². The molecule has 0 atom stereocenters. The van der Waals surface area contributed by atoms with E-state index in [2.05, 4.69) is 20.3 Å². The molecule has 0 spiro atoms. The lowest BCUT2D eigenvalue weighted by molar-refractivity contribution is 0.0697. The van der Waals surface area contributed by atoms with E-state index in [1.165, 1.54) is 18.0 Å². The van der Waals surface area contributed by atoms with Gasteiger partial charge in [-0.15, -0.1) is 11.3 Å². The molecule has 0 saturated heterocycles. The predicted molar refractivity (Wildman–Crippen MR) is 91.6 cm³/mol. The summed E-state index contributed by atoms with van der Waals surface area (Å²) in [6.07, 6.45) is 4.96. The first-order valence-corrected chi connectivity index (χ1v) is 8.68. The predicted octanol–water partition coefficient (Wildman–Crippen LogP) is 3.76. The first kappa shape index (κ1) is 15.4. The fourth-order valence-corrected chi connectivity index (χ4v) is 2.90. The van der Waals surface area contributed by atoms with E-state index >= 15 is 0 Å². The molecule has 0 radical (unpaired) electrons. The number of hydrogen-bond acceptors (Lipinski definition) is 7. The minimum atomic E-state index is -1.07. The number of thioether (sulfide) groups is 1. The van der Waals surface area contributed by atoms with Crippen molar-refractivity contribution in [3.05, 3.63) is 47.7 Å². The first-order valence-electron chi connectivity index (χ1n) is 6.57. The summed E-state index contributed by atoms with van der Waals surface area (Å²) in [7, 11) is 0. The molecule has 2 heterocycles. The van der Waals surface area contributed by atoms with Crippen LogP contribution in [0.25, 0.3) is 10.4 Å². The number of carboxylic acid groups (broad SMARTS) is 1. The molecule has 2 aromatic heterocycles. The van der Waals surface area contributed by atoms with Gasteiger partial charge in [-0.2, -0.15) is 0 Å². The molecule has 8 heteroatoms. The Morgan fingerprint density at radius 2 is 2.04 bits per heavy atom. The van der Waals surface area contributed by atoms with Crippen molar-refractivity contribution in [3.63, 3.8) is 0 Å². The Kier molecular flexibility index (Phi) is 4.54. The smallest absolute Gasteiger partial charge is 0.341 e. The average molecular weight is 344 g/mol. The van der Waals surface area contributed by atoms with Gasteiger partial charge < -0.3 is 10.4 Å². The number of hydrogen-bond donors (Lipinski definition) is 2. The molecule has 0 saturated carbocycles. The molecule has 0 fully saturated rings. The number of aromatic nitrogens is 3. The van der Waals surface area contributed by atoms with Crippen LogP contribution >= 0.6 is 23.1 Å². The van der Waals surface area contributed by atoms with Crippen molar-refractivity contribution < 1.29 is 9.90 Å². The van der Waals surface area contributed by atoms with Crippen molar-refractivity contribution in [3.8, 4) is 10.4 Å². The Balaban J connectivity index is 1.88. The molecule has 0 bridgehead atoms. The van der Waals surface area contributed by atoms with E-state index in [-0.39, 0.29) is 11.4 Å². The second kappa shape index (κ2) is 6.76. The van der Waals surface area contributed by atoms with Crippen LogP contribution in [0.1, 0.15) is 10.4 Å². The maximum Gasteiger partial charge on any atom is 0.341 e. The summed E-state index contributed by atoms with van der Waals surface area (Å²) in [6.45, 7) is 0. The van der Waals surface area contributed by atoms with Crippen molar-refractivity contribution in [2.24, 2.45) is 0 Å². The summed E-state index contributed by atoms with van der Waals surface area (Å²) in [5, 5.41) is 12.8. The highest BCUT2D eigenvalue weighted by Crippen LogP contribution is 2.26. The number of carbonyl (C=O) groups is 1. The molecule has 2 N–H and O–H groups in total. The van der Waals surface area contributed by atoms with Crippen molar-refractivity contribution in [1.29, 1.82) is 0 Å². The Morgan fingerprint density at radius 3 is 2.65 bits per heavy atom. The third kappa shape index (κ3) is 3.49. The van der Waals surface area contributed by atoms with Crippen LogP contribution < -0.4 is 5.32 Å². The highest BCUT2D eigenvalue weighted by Gasteiger charge is 2.14. The molecule has 0 aliphatic carbocycles. The van der Waals surface area contributed by atoms with Crippen LogP contribution in [0.15, 0.2) is 47.3 Å². The molecule has 3 aromatic rings. The number of nitrogens with one attached hydrogen (secondary N) is 1. The van der Waals surface area contributed by atoms with Crippen LogP contribution in [-0.2, 0) is 0 Å². The number of nitrogens with zero attached hydrogens (tertiary/aromatic N) is 3. The summed E-state index contributed by atoms with van der Waals surface area (Å²) < 4.78 is 0. The lowest BCUT2D eigenvalue weighted by Crippen LogP contribution is -2.06. The number of aromatic carboxylic acids is 1. The van der Waals surface area contributed by atoms with Gasteiger partial charge in [-0.05, 0) is 24.0 Å². The summed E-state index contributed by atoms with van der Waals surface area (Å²) in [6, 6.07) is 7.66. The lowest BCUT2D eigenvalue weighted by Gasteiger charge is -2.09. The maximum atomic E-state index is 11.3. The Bertz CT molecular complexity index is 820. The van der Waals surface area contributed by atoms with Gasteiger partial charge in [-0.3, -0.25) is 4.98 Å². The molecule has 3 rings (SSSR count). The lowest BCUT2D eigenvalue weighted by atomic mass is 10.2. The van der Waals surface area contributed by atoms with Crippen LogP contribution in [0.4, 0.5) is 11.5 Å². The van der Waals surface area contributed by atoms with Gasteiger partial charge in [0.2, 0.25) is 0 Å². The quantitative estimate of drug-likeness (QED) is 0.538. The molecular formula is C15H12N4O2S2. The van der Waals surface area contributed by atoms with Crippen LogP contribution in [0, 0.1) is 0 Å². The zero-order valence-corrected chi connectivity index (χ0v) is 13.7. The number of rotatable bonds is 5. The third-order valence-electron chi connectivity index (χ3n) is 3.04. The number of carboxylic acids is 1. The Morgan fingerprint density at radius 1 is 1.26 bits per heavy atom. The number of benzene rings is 1. The SMILES string of the molecule is CSc1ncc(C(=O)O)c(Nc2ccc(-c3cncs3)cc2)n1. The van der Waals surface area contributed by atoms with Crippen molar-refractivity contribution >= 4 is 40.6 Å². The van der Waals surface area contributed by atoms with E-state index in [4.69, 9.17) is 0 Å². The van der Waals surface area contributed by atoms with Gasteiger partial charge in [0.05, 0.1) is 10.4 Å². The van der Waals surface area contributed by atoms with Gasteiger partial charge >= 0.3 is 5.97 Å². The largest absolute Gasteiger partial charge is 0.477 e. The molecule has 0 amide bonds. The summed E-state index contributed by atoms with van der Waals surface area (Å²) in [5.41, 5.74) is 3.63. The van der Waals surface area contributed by atoms with Gasteiger partial charge in [0.15, 0.2) is 5.16 Å². The van der Waals surface area contributed by atoms with Gasteiger partial charge in [0, 0.05) is 18.1 Å². The topological polar surface area (TPSA) is 88.0 Å². The van der Waals surface area contributed by atoms with E-state index in [0.29, 0.717) is 5.16 Å². The third-order valence-corrected chi connectivity index (χ3v) is 4.43. The average Bonchev–Trinajstić information content (AvgIpc) is 3.09. The van der Waals surface area contributed by atoms with Crippen molar-refractivity contribution in [1.82, 2.24) is 15.0 Å². The molecular weight excluding hydrogens is 332 g/mol. The molecule has 6 nitrogen and oxygen atoms in total. The van der Waals surface area contributed by atoms with Crippen LogP contribution in [0.2, 0.25) is 0 Å². The monoisotopic (exact) mass is 344 g/mol. The summed E-state index contributed by atoms with van der Waals surface area (Å²) in [4.78, 5) is 24.7. The first-order chi connectivity index (χ1) is 11.2. The summed E-state index contributed by atoms with van der Waals surface area (Å²) in [5.74, 6) is -0.788. The number of anilines is 2. The zero-order valence-electron chi connectivity index (χ0n) is 12.1. The molecule has 0 aliphatic heterocycles. The Labute approximate surface area is 140 Å². The van der Waals surface area contributed by atoms with E-state index in [0.717, 1.165) is 16.1 Å². The van der Waals surface area contributed by atoms with E-state index < -0.39 is 5.97 Å². The van der Waals surface area contributed by atoms with Crippen LogP contribution in [0.3, 0.4) is 0 Å². The zero-order chi connectivity index (χ0) is 16.2. The second-order valence-corrected chi connectivity index (χ2v) is 6.15. The minimum Gasteiger partial charge on any atom is -0.477 e. The molecule has 23 heavy (non-hydrogen) atoms. The minimum absolute atomic E-state index is 0.0364. The van der Waals surface area contributed by atoms with Crippen LogP contribution in [-0.4, -0.2) is 32.3 Å². The van der Waals surface area contributed by atoms with Crippen molar-refractivity contribution in [2.45, 2.75) is 5.16 Å². The highest BCUT2D eigenvalue weighted by atomic mass is 32.2. The fraction of sp³-hybridized carbons (Fsp3) is 0.0667. The second-order valence-electron chi connectivity index (χ2n) is 4.49. The van der Waals surface area contributed by atoms with Gasteiger partial charge in [0.1, 0.15) is 11.4 Å². The van der Waals surface area contributed by atoms with Gasteiger partial charge in [-0.25, -0.2) is 14.8 Å². The molecule has 0 unspecified atom stereocenters. The van der Waals surface area contributed by atoms with E-state index in [1.807, 2.05) is 36.7 Å². The standard InChI is InChI=1S/C15H12N4O2S2/c1-22-15-17-6-11(14(20)21)13(19-15)18-10-4-2-9(3-5-10)12-7-16-8-23-12/h2-8H,1H3,(H,20,21)(H,17,18,19). The van der Waals surface area contributed by atoms with Crippen molar-refractivity contribution in [2.75, 3.05) is 11.6 Å². The maximum absolute atomic E-state index is 11.3. The molecule has 116 valence electrons. The fourth-order valence-electron chi connectivity index (χ4n) is 1.93. The van der Waals surface area contributed by atoms with E-state index in [9.17, 15) is 9.90 Å². The Hall–Kier alpha value is -2.45. The van der Waals surface area contributed by atoms with Crippen LogP contribution in [0.5, 0.6) is 0 Å².